The van der Waals surface area contributed by atoms with Gasteiger partial charge < -0.3 is 0 Å². The molecule has 11 rings (SSSR count). The molecular weight excluding hydrogens is 793 g/mol. The van der Waals surface area contributed by atoms with Gasteiger partial charge in [0.15, 0.2) is 0 Å². The van der Waals surface area contributed by atoms with Crippen molar-refractivity contribution in [3.63, 3.8) is 0 Å². The van der Waals surface area contributed by atoms with Gasteiger partial charge in [0.25, 0.3) is 0 Å². The lowest BCUT2D eigenvalue weighted by Crippen LogP contribution is -1.93. The second-order valence-corrected chi connectivity index (χ2v) is 16.8. The minimum Gasteiger partial charge on any atom is -0.0622 e. The Morgan fingerprint density at radius 2 is 0.576 bits per heavy atom. The molecule has 0 heteroatoms. The van der Waals surface area contributed by atoms with Gasteiger partial charge in [-0.1, -0.05) is 249 Å². The molecule has 0 fully saturated rings. The van der Waals surface area contributed by atoms with Gasteiger partial charge in [-0.2, -0.15) is 0 Å². The average Bonchev–Trinajstić information content (AvgIpc) is 3.40. The van der Waals surface area contributed by atoms with Gasteiger partial charge in [-0.15, -0.1) is 0 Å². The molecule has 0 aromatic heterocycles. The molecule has 0 amide bonds. The van der Waals surface area contributed by atoms with E-state index in [0.717, 1.165) is 11.1 Å². The quantitative estimate of drug-likeness (QED) is 0.0951. The maximum Gasteiger partial charge on any atom is -0.00259 e. The lowest BCUT2D eigenvalue weighted by atomic mass is 9.83. The SMILES string of the molecule is C(=C(c1ccccc1)c1ccccc1)c1cccc(-c2c3ccccc3c(-c3cccc(C=C(c4ccccc4)c4ccccc4)c3)c3cc(-c4ccccc4-c4ccccc4)ccc23)c1. The third kappa shape index (κ3) is 8.09. The van der Waals surface area contributed by atoms with Crippen molar-refractivity contribution in [3.8, 4) is 44.5 Å². The molecule has 0 aliphatic rings. The van der Waals surface area contributed by atoms with E-state index in [1.807, 2.05) is 0 Å². The predicted molar refractivity (Wildman–Crippen MR) is 283 cm³/mol. The molecule has 0 aliphatic heterocycles. The largest absolute Gasteiger partial charge is 0.0622 e. The smallest absolute Gasteiger partial charge is 0.00259 e. The van der Waals surface area contributed by atoms with Crippen molar-refractivity contribution in [3.05, 3.63) is 300 Å². The van der Waals surface area contributed by atoms with Crippen LogP contribution in [0.1, 0.15) is 33.4 Å². The molecule has 0 saturated carbocycles. The topological polar surface area (TPSA) is 0 Å². The van der Waals surface area contributed by atoms with E-state index in [1.54, 1.807) is 0 Å². The number of rotatable bonds is 10. The molecule has 0 aliphatic carbocycles. The molecule has 0 saturated heterocycles. The summed E-state index contributed by atoms with van der Waals surface area (Å²) in [6.45, 7) is 0. The third-order valence-corrected chi connectivity index (χ3v) is 12.7. The van der Waals surface area contributed by atoms with Gasteiger partial charge in [-0.3, -0.25) is 0 Å². The number of fused-ring (bicyclic) bond motifs is 2. The maximum absolute atomic E-state index is 2.44. The Bertz CT molecular complexity index is 3440. The molecule has 0 unspecified atom stereocenters. The minimum atomic E-state index is 1.15. The van der Waals surface area contributed by atoms with Crippen LogP contribution < -0.4 is 0 Å². The molecule has 11 aromatic carbocycles. The standard InChI is InChI=1S/C66H46/c1-6-24-49(25-7-1)57-36-16-17-37-58(57)54-40-41-61-64(46-54)66(56-35-21-23-48(43-56)45-63(52-30-12-4-13-31-52)53-32-14-5-15-33-53)60-39-19-18-38-59(60)65(61)55-34-20-22-47(42-55)44-62(50-26-8-2-9-27-50)51-28-10-3-11-29-51/h1-46H. The van der Waals surface area contributed by atoms with E-state index in [9.17, 15) is 0 Å². The molecular formula is C66H46. The summed E-state index contributed by atoms with van der Waals surface area (Å²) in [5.74, 6) is 0. The molecule has 0 nitrogen and oxygen atoms in total. The molecule has 66 heavy (non-hydrogen) atoms. The Morgan fingerprint density at radius 1 is 0.227 bits per heavy atom. The van der Waals surface area contributed by atoms with Crippen LogP contribution in [0, 0.1) is 0 Å². The fourth-order valence-electron chi connectivity index (χ4n) is 9.61. The highest BCUT2D eigenvalue weighted by Crippen LogP contribution is 2.46. The average molecular weight is 839 g/mol. The first kappa shape index (κ1) is 40.2. The molecule has 0 atom stereocenters. The van der Waals surface area contributed by atoms with Crippen molar-refractivity contribution < 1.29 is 0 Å². The van der Waals surface area contributed by atoms with Gasteiger partial charge in [0.1, 0.15) is 0 Å². The molecule has 0 heterocycles. The van der Waals surface area contributed by atoms with Crippen molar-refractivity contribution in [1.29, 1.82) is 0 Å². The van der Waals surface area contributed by atoms with Crippen LogP contribution in [-0.4, -0.2) is 0 Å². The summed E-state index contributed by atoms with van der Waals surface area (Å²) in [4.78, 5) is 0. The molecule has 0 spiro atoms. The van der Waals surface area contributed by atoms with Gasteiger partial charge in [0.2, 0.25) is 0 Å². The van der Waals surface area contributed by atoms with E-state index in [2.05, 4.69) is 279 Å². The second-order valence-electron chi connectivity index (χ2n) is 16.8. The van der Waals surface area contributed by atoms with Crippen LogP contribution in [-0.2, 0) is 0 Å². The monoisotopic (exact) mass is 838 g/mol. The Morgan fingerprint density at radius 3 is 1.03 bits per heavy atom. The summed E-state index contributed by atoms with van der Waals surface area (Å²) in [6.07, 6.45) is 4.68. The van der Waals surface area contributed by atoms with Crippen LogP contribution in [0.2, 0.25) is 0 Å². The van der Waals surface area contributed by atoms with E-state index in [-0.39, 0.29) is 0 Å². The molecule has 0 N–H and O–H groups in total. The zero-order valence-electron chi connectivity index (χ0n) is 36.6. The van der Waals surface area contributed by atoms with Gasteiger partial charge in [-0.25, -0.2) is 0 Å². The highest BCUT2D eigenvalue weighted by atomic mass is 14.2. The van der Waals surface area contributed by atoms with Crippen molar-refractivity contribution >= 4 is 44.8 Å². The Balaban J connectivity index is 1.15. The van der Waals surface area contributed by atoms with Crippen molar-refractivity contribution in [1.82, 2.24) is 0 Å². The predicted octanol–water partition coefficient (Wildman–Crippen LogP) is 17.8. The van der Waals surface area contributed by atoms with Crippen LogP contribution in [0.25, 0.3) is 89.4 Å². The molecule has 11 aromatic rings. The fourth-order valence-corrected chi connectivity index (χ4v) is 9.61. The summed E-state index contributed by atoms with van der Waals surface area (Å²) in [5.41, 5.74) is 19.1. The van der Waals surface area contributed by atoms with E-state index < -0.39 is 0 Å². The van der Waals surface area contributed by atoms with Gasteiger partial charge in [-0.05, 0) is 141 Å². The van der Waals surface area contributed by atoms with Crippen molar-refractivity contribution in [2.45, 2.75) is 0 Å². The second kappa shape index (κ2) is 18.3. The highest BCUT2D eigenvalue weighted by Gasteiger charge is 2.19. The first-order valence-corrected chi connectivity index (χ1v) is 22.7. The normalized spacial score (nSPS) is 11.0. The number of hydrogen-bond acceptors (Lipinski definition) is 0. The van der Waals surface area contributed by atoms with E-state index >= 15 is 0 Å². The fraction of sp³-hybridized carbons (Fsp3) is 0. The lowest BCUT2D eigenvalue weighted by Gasteiger charge is -2.20. The summed E-state index contributed by atoms with van der Waals surface area (Å²) < 4.78 is 0. The van der Waals surface area contributed by atoms with E-state index in [0.29, 0.717) is 0 Å². The summed E-state index contributed by atoms with van der Waals surface area (Å²) >= 11 is 0. The van der Waals surface area contributed by atoms with Gasteiger partial charge in [0.05, 0.1) is 0 Å². The minimum absolute atomic E-state index is 1.15. The van der Waals surface area contributed by atoms with E-state index in [1.165, 1.54) is 99.5 Å². The van der Waals surface area contributed by atoms with Crippen LogP contribution in [0.5, 0.6) is 0 Å². The summed E-state index contributed by atoms with van der Waals surface area (Å²) in [6, 6.07) is 96.7. The van der Waals surface area contributed by atoms with Crippen LogP contribution in [0.3, 0.4) is 0 Å². The van der Waals surface area contributed by atoms with Crippen LogP contribution in [0.4, 0.5) is 0 Å². The Kier molecular flexibility index (Phi) is 11.1. The number of benzene rings is 11. The van der Waals surface area contributed by atoms with Crippen LogP contribution >= 0.6 is 0 Å². The number of hydrogen-bond donors (Lipinski definition) is 0. The summed E-state index contributed by atoms with van der Waals surface area (Å²) in [5, 5.41) is 4.87. The Labute approximate surface area is 387 Å². The first-order chi connectivity index (χ1) is 32.7. The molecule has 0 radical (unpaired) electrons. The van der Waals surface area contributed by atoms with Crippen LogP contribution in [0.15, 0.2) is 267 Å². The van der Waals surface area contributed by atoms with Crippen molar-refractivity contribution in [2.75, 3.05) is 0 Å². The Hall–Kier alpha value is -8.58. The molecule has 310 valence electrons. The third-order valence-electron chi connectivity index (χ3n) is 12.7. The maximum atomic E-state index is 2.44. The first-order valence-electron chi connectivity index (χ1n) is 22.7. The molecule has 0 bridgehead atoms. The van der Waals surface area contributed by atoms with E-state index in [4.69, 9.17) is 0 Å². The van der Waals surface area contributed by atoms with Crippen molar-refractivity contribution in [2.24, 2.45) is 0 Å². The zero-order valence-corrected chi connectivity index (χ0v) is 36.6. The highest BCUT2D eigenvalue weighted by molar-refractivity contribution is 6.22. The van der Waals surface area contributed by atoms with Gasteiger partial charge >= 0.3 is 0 Å². The van der Waals surface area contributed by atoms with Gasteiger partial charge in [0, 0.05) is 0 Å². The zero-order chi connectivity index (χ0) is 44.1. The summed E-state index contributed by atoms with van der Waals surface area (Å²) in [7, 11) is 0. The lowest BCUT2D eigenvalue weighted by molar-refractivity contribution is 1.55.